The molecule has 0 aliphatic carbocycles. The lowest BCUT2D eigenvalue weighted by Gasteiger charge is -2.07. The van der Waals surface area contributed by atoms with E-state index in [9.17, 15) is 8.42 Å². The Morgan fingerprint density at radius 3 is 2.65 bits per heavy atom. The van der Waals surface area contributed by atoms with Gasteiger partial charge in [-0.05, 0) is 24.5 Å². The first-order valence-corrected chi connectivity index (χ1v) is 8.21. The molecule has 0 saturated heterocycles. The highest BCUT2D eigenvalue weighted by molar-refractivity contribution is 7.88. The Labute approximate surface area is 119 Å². The molecular weight excluding hydrogens is 274 g/mol. The lowest BCUT2D eigenvalue weighted by Crippen LogP contribution is -2.26. The maximum atomic E-state index is 11.9. The Hall–Kier alpha value is -1.66. The summed E-state index contributed by atoms with van der Waals surface area (Å²) in [6.45, 7) is 3.11. The summed E-state index contributed by atoms with van der Waals surface area (Å²) < 4.78 is 28.2. The number of benzene rings is 1. The number of hydrogen-bond acceptors (Lipinski definition) is 3. The van der Waals surface area contributed by atoms with E-state index in [0.29, 0.717) is 13.1 Å². The summed E-state index contributed by atoms with van der Waals surface area (Å²) in [7, 11) is -3.26. The normalized spacial score (nSPS) is 11.7. The Balaban J connectivity index is 1.75. The maximum Gasteiger partial charge on any atom is 0.215 e. The van der Waals surface area contributed by atoms with E-state index in [-0.39, 0.29) is 5.75 Å². The molecule has 2 rings (SSSR count). The van der Waals surface area contributed by atoms with Crippen LogP contribution in [0.15, 0.2) is 42.7 Å². The standard InChI is InChI=1S/C14H19N3O2S/c1-13-10-15-17(11-13)9-5-8-16-20(18,19)12-14-6-3-2-4-7-14/h2-4,6-7,10-11,16H,5,8-9,12H2,1H3. The average Bonchev–Trinajstić information content (AvgIpc) is 2.81. The summed E-state index contributed by atoms with van der Waals surface area (Å²) in [6.07, 6.45) is 4.45. The van der Waals surface area contributed by atoms with Gasteiger partial charge in [-0.3, -0.25) is 4.68 Å². The van der Waals surface area contributed by atoms with Crippen molar-refractivity contribution < 1.29 is 8.42 Å². The second kappa shape index (κ2) is 6.67. The molecule has 2 aromatic rings. The number of nitrogens with zero attached hydrogens (tertiary/aromatic N) is 2. The van der Waals surface area contributed by atoms with Gasteiger partial charge in [0.2, 0.25) is 10.0 Å². The van der Waals surface area contributed by atoms with E-state index in [1.54, 1.807) is 6.20 Å². The molecule has 5 nitrogen and oxygen atoms in total. The third-order valence-electron chi connectivity index (χ3n) is 2.85. The lowest BCUT2D eigenvalue weighted by atomic mass is 10.2. The molecule has 1 heterocycles. The molecule has 0 saturated carbocycles. The molecular formula is C14H19N3O2S. The Morgan fingerprint density at radius 2 is 2.00 bits per heavy atom. The van der Waals surface area contributed by atoms with Crippen molar-refractivity contribution in [2.45, 2.75) is 25.6 Å². The van der Waals surface area contributed by atoms with Gasteiger partial charge in [0.05, 0.1) is 11.9 Å². The fraction of sp³-hybridized carbons (Fsp3) is 0.357. The van der Waals surface area contributed by atoms with Crippen LogP contribution in [0.1, 0.15) is 17.5 Å². The van der Waals surface area contributed by atoms with Gasteiger partial charge >= 0.3 is 0 Å². The molecule has 6 heteroatoms. The number of aromatic nitrogens is 2. The highest BCUT2D eigenvalue weighted by Crippen LogP contribution is 2.04. The van der Waals surface area contributed by atoms with Crippen LogP contribution in [0.25, 0.3) is 0 Å². The van der Waals surface area contributed by atoms with Crippen LogP contribution < -0.4 is 4.72 Å². The lowest BCUT2D eigenvalue weighted by molar-refractivity contribution is 0.552. The van der Waals surface area contributed by atoms with Crippen LogP contribution in [0.2, 0.25) is 0 Å². The predicted molar refractivity (Wildman–Crippen MR) is 78.6 cm³/mol. The first-order chi connectivity index (χ1) is 9.55. The smallest absolute Gasteiger partial charge is 0.215 e. The van der Waals surface area contributed by atoms with Crippen molar-refractivity contribution in [2.24, 2.45) is 0 Å². The van der Waals surface area contributed by atoms with Crippen LogP contribution in [-0.4, -0.2) is 24.7 Å². The Kier molecular flexibility index (Phi) is 4.92. The van der Waals surface area contributed by atoms with Crippen molar-refractivity contribution >= 4 is 10.0 Å². The number of hydrogen-bond donors (Lipinski definition) is 1. The number of rotatable bonds is 7. The quantitative estimate of drug-likeness (QED) is 0.790. The van der Waals surface area contributed by atoms with E-state index < -0.39 is 10.0 Å². The molecule has 0 aliphatic rings. The van der Waals surface area contributed by atoms with E-state index in [2.05, 4.69) is 9.82 Å². The number of aryl methyl sites for hydroxylation is 2. The van der Waals surface area contributed by atoms with Gasteiger partial charge in [0.25, 0.3) is 0 Å². The maximum absolute atomic E-state index is 11.9. The largest absolute Gasteiger partial charge is 0.272 e. The zero-order valence-electron chi connectivity index (χ0n) is 11.5. The minimum absolute atomic E-state index is 0.0225. The van der Waals surface area contributed by atoms with Gasteiger partial charge in [-0.15, -0.1) is 0 Å². The van der Waals surface area contributed by atoms with Gasteiger partial charge in [0.1, 0.15) is 0 Å². The molecule has 0 atom stereocenters. The zero-order chi connectivity index (χ0) is 14.4. The molecule has 0 amide bonds. The van der Waals surface area contributed by atoms with Gasteiger partial charge in [0, 0.05) is 19.3 Å². The van der Waals surface area contributed by atoms with E-state index >= 15 is 0 Å². The first-order valence-electron chi connectivity index (χ1n) is 6.55. The van der Waals surface area contributed by atoms with Gasteiger partial charge < -0.3 is 0 Å². The van der Waals surface area contributed by atoms with Crippen LogP contribution in [0.4, 0.5) is 0 Å². The molecule has 108 valence electrons. The van der Waals surface area contributed by atoms with Crippen LogP contribution in [0.5, 0.6) is 0 Å². The SMILES string of the molecule is Cc1cnn(CCCNS(=O)(=O)Cc2ccccc2)c1. The summed E-state index contributed by atoms with van der Waals surface area (Å²) in [4.78, 5) is 0. The summed E-state index contributed by atoms with van der Waals surface area (Å²) in [6, 6.07) is 9.17. The van der Waals surface area contributed by atoms with Crippen LogP contribution in [-0.2, 0) is 22.3 Å². The molecule has 0 fully saturated rings. The van der Waals surface area contributed by atoms with Crippen LogP contribution in [0, 0.1) is 6.92 Å². The van der Waals surface area contributed by atoms with Crippen molar-refractivity contribution in [1.29, 1.82) is 0 Å². The van der Waals surface area contributed by atoms with Gasteiger partial charge in [0.15, 0.2) is 0 Å². The molecule has 0 aliphatic heterocycles. The topological polar surface area (TPSA) is 64.0 Å². The van der Waals surface area contributed by atoms with E-state index in [1.807, 2.05) is 48.1 Å². The average molecular weight is 293 g/mol. The molecule has 1 aromatic heterocycles. The molecule has 1 N–H and O–H groups in total. The summed E-state index contributed by atoms with van der Waals surface area (Å²) in [5.74, 6) is 0.0225. The van der Waals surface area contributed by atoms with E-state index in [1.165, 1.54) is 0 Å². The minimum atomic E-state index is -3.26. The Bertz CT molecular complexity index is 635. The molecule has 0 unspecified atom stereocenters. The van der Waals surface area contributed by atoms with E-state index in [0.717, 1.165) is 17.5 Å². The van der Waals surface area contributed by atoms with Crippen molar-refractivity contribution in [1.82, 2.24) is 14.5 Å². The van der Waals surface area contributed by atoms with Crippen molar-refractivity contribution in [2.75, 3.05) is 6.54 Å². The van der Waals surface area contributed by atoms with Gasteiger partial charge in [-0.2, -0.15) is 5.10 Å². The fourth-order valence-electron chi connectivity index (χ4n) is 1.90. The van der Waals surface area contributed by atoms with Crippen molar-refractivity contribution in [3.05, 3.63) is 53.9 Å². The molecule has 1 aromatic carbocycles. The number of sulfonamides is 1. The molecule has 0 bridgehead atoms. The van der Waals surface area contributed by atoms with Crippen molar-refractivity contribution in [3.63, 3.8) is 0 Å². The zero-order valence-corrected chi connectivity index (χ0v) is 12.3. The number of nitrogens with one attached hydrogen (secondary N) is 1. The van der Waals surface area contributed by atoms with Crippen LogP contribution >= 0.6 is 0 Å². The molecule has 0 radical (unpaired) electrons. The Morgan fingerprint density at radius 1 is 1.25 bits per heavy atom. The second-order valence-electron chi connectivity index (χ2n) is 4.77. The van der Waals surface area contributed by atoms with Crippen LogP contribution in [0.3, 0.4) is 0 Å². The minimum Gasteiger partial charge on any atom is -0.272 e. The summed E-state index contributed by atoms with van der Waals surface area (Å²) >= 11 is 0. The van der Waals surface area contributed by atoms with Gasteiger partial charge in [-0.25, -0.2) is 13.1 Å². The summed E-state index contributed by atoms with van der Waals surface area (Å²) in [5, 5.41) is 4.16. The van der Waals surface area contributed by atoms with E-state index in [4.69, 9.17) is 0 Å². The molecule has 0 spiro atoms. The summed E-state index contributed by atoms with van der Waals surface area (Å²) in [5.41, 5.74) is 1.90. The third-order valence-corrected chi connectivity index (χ3v) is 4.21. The van der Waals surface area contributed by atoms with Gasteiger partial charge in [-0.1, -0.05) is 30.3 Å². The monoisotopic (exact) mass is 293 g/mol. The highest BCUT2D eigenvalue weighted by Gasteiger charge is 2.10. The first kappa shape index (κ1) is 14.7. The second-order valence-corrected chi connectivity index (χ2v) is 6.58. The fourth-order valence-corrected chi connectivity index (χ4v) is 3.09. The molecule has 20 heavy (non-hydrogen) atoms. The highest BCUT2D eigenvalue weighted by atomic mass is 32.2. The predicted octanol–water partition coefficient (Wildman–Crippen LogP) is 1.70. The van der Waals surface area contributed by atoms with Crippen molar-refractivity contribution in [3.8, 4) is 0 Å². The third kappa shape index (κ3) is 4.79.